The van der Waals surface area contributed by atoms with Crippen molar-refractivity contribution >= 4 is 0 Å². The SMILES string of the molecule is N#Cc1ccc(CNCC2CCOCC2)o1. The number of hydrogen-bond acceptors (Lipinski definition) is 4. The van der Waals surface area contributed by atoms with Crippen molar-refractivity contribution < 1.29 is 9.15 Å². The fraction of sp³-hybridized carbons (Fsp3) is 0.583. The van der Waals surface area contributed by atoms with Gasteiger partial charge in [0.1, 0.15) is 11.8 Å². The second kappa shape index (κ2) is 5.69. The first-order chi connectivity index (χ1) is 7.88. The van der Waals surface area contributed by atoms with E-state index in [-0.39, 0.29) is 0 Å². The average molecular weight is 220 g/mol. The molecule has 1 aliphatic rings. The molecule has 1 aliphatic heterocycles. The van der Waals surface area contributed by atoms with Crippen molar-refractivity contribution in [3.63, 3.8) is 0 Å². The van der Waals surface area contributed by atoms with E-state index < -0.39 is 0 Å². The third kappa shape index (κ3) is 3.09. The van der Waals surface area contributed by atoms with E-state index in [0.717, 1.165) is 38.4 Å². The average Bonchev–Trinajstić information content (AvgIpc) is 2.78. The van der Waals surface area contributed by atoms with E-state index in [9.17, 15) is 0 Å². The lowest BCUT2D eigenvalue weighted by atomic mass is 10.0. The van der Waals surface area contributed by atoms with Crippen LogP contribution in [-0.2, 0) is 11.3 Å². The summed E-state index contributed by atoms with van der Waals surface area (Å²) >= 11 is 0. The summed E-state index contributed by atoms with van der Waals surface area (Å²) in [4.78, 5) is 0. The van der Waals surface area contributed by atoms with Crippen molar-refractivity contribution in [1.82, 2.24) is 5.32 Å². The van der Waals surface area contributed by atoms with Gasteiger partial charge >= 0.3 is 0 Å². The first kappa shape index (κ1) is 11.2. The van der Waals surface area contributed by atoms with Crippen LogP contribution in [0.15, 0.2) is 16.5 Å². The third-order valence-corrected chi connectivity index (χ3v) is 2.84. The van der Waals surface area contributed by atoms with Crippen molar-refractivity contribution in [3.05, 3.63) is 23.7 Å². The summed E-state index contributed by atoms with van der Waals surface area (Å²) < 4.78 is 10.6. The molecule has 1 aromatic rings. The van der Waals surface area contributed by atoms with Gasteiger partial charge in [-0.15, -0.1) is 0 Å². The van der Waals surface area contributed by atoms with Crippen molar-refractivity contribution in [1.29, 1.82) is 5.26 Å². The lowest BCUT2D eigenvalue weighted by Gasteiger charge is -2.21. The van der Waals surface area contributed by atoms with Crippen molar-refractivity contribution in [2.45, 2.75) is 19.4 Å². The molecule has 0 saturated carbocycles. The predicted octanol–water partition coefficient (Wildman–Crippen LogP) is 1.67. The number of rotatable bonds is 4. The molecule has 16 heavy (non-hydrogen) atoms. The standard InChI is InChI=1S/C12H16N2O2/c13-7-11-1-2-12(16-11)9-14-8-10-3-5-15-6-4-10/h1-2,10,14H,3-6,8-9H2. The lowest BCUT2D eigenvalue weighted by Crippen LogP contribution is -2.27. The van der Waals surface area contributed by atoms with Gasteiger partial charge in [0.25, 0.3) is 0 Å². The maximum atomic E-state index is 8.60. The van der Waals surface area contributed by atoms with E-state index >= 15 is 0 Å². The molecule has 86 valence electrons. The highest BCUT2D eigenvalue weighted by Crippen LogP contribution is 2.13. The Hall–Kier alpha value is -1.31. The van der Waals surface area contributed by atoms with Gasteiger partial charge in [0.15, 0.2) is 0 Å². The van der Waals surface area contributed by atoms with Gasteiger partial charge in [0, 0.05) is 13.2 Å². The van der Waals surface area contributed by atoms with Crippen molar-refractivity contribution in [2.75, 3.05) is 19.8 Å². The van der Waals surface area contributed by atoms with Crippen LogP contribution in [-0.4, -0.2) is 19.8 Å². The van der Waals surface area contributed by atoms with Gasteiger partial charge in [-0.05, 0) is 37.4 Å². The maximum absolute atomic E-state index is 8.60. The molecular formula is C12H16N2O2. The number of nitrogens with one attached hydrogen (secondary N) is 1. The summed E-state index contributed by atoms with van der Waals surface area (Å²) in [6, 6.07) is 5.52. The van der Waals surface area contributed by atoms with Crippen molar-refractivity contribution in [2.24, 2.45) is 5.92 Å². The van der Waals surface area contributed by atoms with Gasteiger partial charge in [-0.1, -0.05) is 0 Å². The Morgan fingerprint density at radius 2 is 2.19 bits per heavy atom. The minimum Gasteiger partial charge on any atom is -0.449 e. The highest BCUT2D eigenvalue weighted by atomic mass is 16.5. The van der Waals surface area contributed by atoms with E-state index in [0.29, 0.717) is 18.2 Å². The summed E-state index contributed by atoms with van der Waals surface area (Å²) in [6.45, 7) is 3.45. The summed E-state index contributed by atoms with van der Waals surface area (Å²) in [5.41, 5.74) is 0. The molecule has 0 atom stereocenters. The molecule has 0 aromatic carbocycles. The lowest BCUT2D eigenvalue weighted by molar-refractivity contribution is 0.0661. The minimum absolute atomic E-state index is 0.378. The molecular weight excluding hydrogens is 204 g/mol. The van der Waals surface area contributed by atoms with Gasteiger partial charge < -0.3 is 14.5 Å². The number of hydrogen-bond donors (Lipinski definition) is 1. The molecule has 0 unspecified atom stereocenters. The smallest absolute Gasteiger partial charge is 0.203 e. The highest BCUT2D eigenvalue weighted by molar-refractivity contribution is 5.18. The van der Waals surface area contributed by atoms with Gasteiger partial charge in [-0.2, -0.15) is 5.26 Å². The first-order valence-corrected chi connectivity index (χ1v) is 5.66. The Bertz CT molecular complexity index is 361. The van der Waals surface area contributed by atoms with Crippen LogP contribution < -0.4 is 5.32 Å². The zero-order valence-electron chi connectivity index (χ0n) is 9.24. The van der Waals surface area contributed by atoms with Gasteiger partial charge in [0.05, 0.1) is 6.54 Å². The van der Waals surface area contributed by atoms with Gasteiger partial charge in [-0.3, -0.25) is 0 Å². The second-order valence-electron chi connectivity index (χ2n) is 4.06. The molecule has 0 spiro atoms. The molecule has 1 fully saturated rings. The zero-order chi connectivity index (χ0) is 11.2. The Morgan fingerprint density at radius 3 is 2.88 bits per heavy atom. The quantitative estimate of drug-likeness (QED) is 0.838. The van der Waals surface area contributed by atoms with Crippen LogP contribution in [0, 0.1) is 17.2 Å². The molecule has 2 heterocycles. The van der Waals surface area contributed by atoms with Crippen LogP contribution in [0.5, 0.6) is 0 Å². The molecule has 0 bridgehead atoms. The molecule has 1 N–H and O–H groups in total. The number of nitriles is 1. The van der Waals surface area contributed by atoms with Crippen LogP contribution >= 0.6 is 0 Å². The summed E-state index contributed by atoms with van der Waals surface area (Å²) in [5, 5.41) is 12.0. The van der Waals surface area contributed by atoms with Crippen molar-refractivity contribution in [3.8, 4) is 6.07 Å². The Kier molecular flexibility index (Phi) is 3.97. The molecule has 0 radical (unpaired) electrons. The molecule has 0 amide bonds. The summed E-state index contributed by atoms with van der Waals surface area (Å²) in [5.74, 6) is 1.91. The fourth-order valence-electron chi connectivity index (χ4n) is 1.88. The largest absolute Gasteiger partial charge is 0.449 e. The predicted molar refractivity (Wildman–Crippen MR) is 58.7 cm³/mol. The number of furan rings is 1. The topological polar surface area (TPSA) is 58.2 Å². The van der Waals surface area contributed by atoms with E-state index in [1.807, 2.05) is 12.1 Å². The summed E-state index contributed by atoms with van der Waals surface area (Å²) in [6.07, 6.45) is 2.27. The number of ether oxygens (including phenoxy) is 1. The second-order valence-corrected chi connectivity index (χ2v) is 4.06. The van der Waals surface area contributed by atoms with Crippen LogP contribution in [0.2, 0.25) is 0 Å². The third-order valence-electron chi connectivity index (χ3n) is 2.84. The first-order valence-electron chi connectivity index (χ1n) is 5.66. The molecule has 1 saturated heterocycles. The highest BCUT2D eigenvalue weighted by Gasteiger charge is 2.13. The fourth-order valence-corrected chi connectivity index (χ4v) is 1.88. The van der Waals surface area contributed by atoms with E-state index in [1.165, 1.54) is 0 Å². The molecule has 4 nitrogen and oxygen atoms in total. The summed E-state index contributed by atoms with van der Waals surface area (Å²) in [7, 11) is 0. The molecule has 4 heteroatoms. The van der Waals surface area contributed by atoms with Crippen LogP contribution in [0.4, 0.5) is 0 Å². The Morgan fingerprint density at radius 1 is 1.38 bits per heavy atom. The van der Waals surface area contributed by atoms with E-state index in [2.05, 4.69) is 5.32 Å². The maximum Gasteiger partial charge on any atom is 0.203 e. The van der Waals surface area contributed by atoms with Crippen LogP contribution in [0.1, 0.15) is 24.4 Å². The van der Waals surface area contributed by atoms with Crippen LogP contribution in [0.25, 0.3) is 0 Å². The normalized spacial score (nSPS) is 17.2. The molecule has 0 aliphatic carbocycles. The monoisotopic (exact) mass is 220 g/mol. The minimum atomic E-state index is 0.378. The van der Waals surface area contributed by atoms with E-state index in [4.69, 9.17) is 14.4 Å². The molecule has 2 rings (SSSR count). The Labute approximate surface area is 95.2 Å². The Balaban J connectivity index is 1.69. The van der Waals surface area contributed by atoms with Gasteiger partial charge in [0.2, 0.25) is 5.76 Å². The van der Waals surface area contributed by atoms with Crippen LogP contribution in [0.3, 0.4) is 0 Å². The van der Waals surface area contributed by atoms with E-state index in [1.54, 1.807) is 6.07 Å². The number of nitrogens with zero attached hydrogens (tertiary/aromatic N) is 1. The zero-order valence-corrected chi connectivity index (χ0v) is 9.24. The molecule has 1 aromatic heterocycles. The van der Waals surface area contributed by atoms with Gasteiger partial charge in [-0.25, -0.2) is 0 Å².